The number of rotatable bonds is 8. The van der Waals surface area contributed by atoms with Crippen molar-refractivity contribution in [3.05, 3.63) is 17.8 Å². The molecule has 4 heteroatoms. The van der Waals surface area contributed by atoms with Gasteiger partial charge in [-0.3, -0.25) is 5.73 Å². The molecule has 0 saturated heterocycles. The van der Waals surface area contributed by atoms with Crippen LogP contribution in [0.2, 0.25) is 0 Å². The van der Waals surface area contributed by atoms with Crippen LogP contribution >= 0.6 is 0 Å². The first-order valence-corrected chi connectivity index (χ1v) is 8.98. The molecule has 1 atom stereocenters. The molecular formula is C18H34N4. The molecule has 0 spiro atoms. The van der Waals surface area contributed by atoms with Gasteiger partial charge in [0, 0.05) is 6.20 Å². The van der Waals surface area contributed by atoms with Crippen LogP contribution in [0, 0.1) is 0 Å². The lowest BCUT2D eigenvalue weighted by atomic mass is 10.1. The van der Waals surface area contributed by atoms with Gasteiger partial charge in [0.25, 0.3) is 0 Å². The predicted molar refractivity (Wildman–Crippen MR) is 97.1 cm³/mol. The summed E-state index contributed by atoms with van der Waals surface area (Å²) in [4.78, 5) is 4.23. The Kier molecular flexibility index (Phi) is 9.64. The third-order valence-corrected chi connectivity index (χ3v) is 3.91. The molecule has 0 aromatic carbocycles. The highest BCUT2D eigenvalue weighted by molar-refractivity contribution is 5.70. The zero-order chi connectivity index (χ0) is 16.2. The fourth-order valence-corrected chi connectivity index (χ4v) is 2.48. The molecule has 126 valence electrons. The molecule has 0 amide bonds. The Balaban J connectivity index is 0.000000225. The van der Waals surface area contributed by atoms with Crippen molar-refractivity contribution in [1.82, 2.24) is 4.98 Å². The number of pyridine rings is 1. The Labute approximate surface area is 136 Å². The van der Waals surface area contributed by atoms with Gasteiger partial charge in [0.05, 0.1) is 5.69 Å². The van der Waals surface area contributed by atoms with Crippen LogP contribution < -0.4 is 16.4 Å². The number of aromatic nitrogens is 1. The number of unbranched alkanes of at least 4 members (excludes halogenated alkanes) is 7. The standard InChI is InChI=1S/C10H22.C8H12N4/c1-3-5-7-9-10-8-6-4-2;1-2-5-3-6-7(10-4-5)12-8(9)11-6/h3-10H2,1-2H3;3-4,8,11H,2,9H2,1H3,(H,10,12). The second-order valence-electron chi connectivity index (χ2n) is 5.98. The molecule has 0 bridgehead atoms. The molecule has 1 aromatic heterocycles. The van der Waals surface area contributed by atoms with E-state index in [2.05, 4.69) is 42.5 Å². The van der Waals surface area contributed by atoms with Crippen LogP contribution in [-0.2, 0) is 6.42 Å². The van der Waals surface area contributed by atoms with Gasteiger partial charge in [0.2, 0.25) is 0 Å². The summed E-state index contributed by atoms with van der Waals surface area (Å²) in [6.45, 7) is 6.64. The van der Waals surface area contributed by atoms with Crippen LogP contribution in [0.3, 0.4) is 0 Å². The molecule has 1 aromatic rings. The van der Waals surface area contributed by atoms with Crippen molar-refractivity contribution in [3.63, 3.8) is 0 Å². The smallest absolute Gasteiger partial charge is 0.152 e. The Morgan fingerprint density at radius 2 is 1.55 bits per heavy atom. The molecule has 1 aliphatic heterocycles. The lowest BCUT2D eigenvalue weighted by Crippen LogP contribution is -2.32. The van der Waals surface area contributed by atoms with Crippen molar-refractivity contribution in [2.75, 3.05) is 10.6 Å². The average molecular weight is 306 g/mol. The first kappa shape index (κ1) is 18.8. The molecule has 4 N–H and O–H groups in total. The van der Waals surface area contributed by atoms with Crippen LogP contribution in [0.1, 0.15) is 77.7 Å². The van der Waals surface area contributed by atoms with Gasteiger partial charge in [-0.2, -0.15) is 0 Å². The summed E-state index contributed by atoms with van der Waals surface area (Å²) in [5.41, 5.74) is 7.84. The summed E-state index contributed by atoms with van der Waals surface area (Å²) in [5, 5.41) is 6.08. The monoisotopic (exact) mass is 306 g/mol. The van der Waals surface area contributed by atoms with Gasteiger partial charge in [0.15, 0.2) is 12.1 Å². The van der Waals surface area contributed by atoms with E-state index in [0.717, 1.165) is 17.9 Å². The first-order chi connectivity index (χ1) is 10.7. The molecule has 22 heavy (non-hydrogen) atoms. The maximum Gasteiger partial charge on any atom is 0.152 e. The largest absolute Gasteiger partial charge is 0.350 e. The molecule has 0 fully saturated rings. The molecule has 2 rings (SSSR count). The van der Waals surface area contributed by atoms with Crippen molar-refractivity contribution in [2.24, 2.45) is 5.73 Å². The highest BCUT2D eigenvalue weighted by atomic mass is 15.3. The fourth-order valence-electron chi connectivity index (χ4n) is 2.48. The molecule has 2 heterocycles. The minimum absolute atomic E-state index is 0.195. The predicted octanol–water partition coefficient (Wildman–Crippen LogP) is 4.87. The quantitative estimate of drug-likeness (QED) is 0.599. The molecule has 0 aliphatic carbocycles. The summed E-state index contributed by atoms with van der Waals surface area (Å²) in [6.07, 6.45) is 14.1. The van der Waals surface area contributed by atoms with Gasteiger partial charge < -0.3 is 10.6 Å². The van der Waals surface area contributed by atoms with Crippen LogP contribution in [-0.4, -0.2) is 11.3 Å². The topological polar surface area (TPSA) is 63.0 Å². The zero-order valence-electron chi connectivity index (χ0n) is 14.6. The van der Waals surface area contributed by atoms with E-state index < -0.39 is 0 Å². The SMILES string of the molecule is CCCCCCCCCC.CCc1cnc2c(c1)NC(N)N2. The second-order valence-corrected chi connectivity index (χ2v) is 5.98. The molecule has 1 aliphatic rings. The van der Waals surface area contributed by atoms with Crippen molar-refractivity contribution in [3.8, 4) is 0 Å². The Morgan fingerprint density at radius 1 is 0.955 bits per heavy atom. The number of anilines is 2. The van der Waals surface area contributed by atoms with Crippen molar-refractivity contribution < 1.29 is 0 Å². The lowest BCUT2D eigenvalue weighted by molar-refractivity contribution is 0.585. The van der Waals surface area contributed by atoms with Crippen LogP contribution in [0.4, 0.5) is 11.5 Å². The van der Waals surface area contributed by atoms with E-state index in [1.54, 1.807) is 0 Å². The van der Waals surface area contributed by atoms with Gasteiger partial charge >= 0.3 is 0 Å². The van der Waals surface area contributed by atoms with E-state index in [4.69, 9.17) is 5.73 Å². The van der Waals surface area contributed by atoms with Gasteiger partial charge in [-0.25, -0.2) is 4.98 Å². The number of nitrogens with zero attached hydrogens (tertiary/aromatic N) is 1. The van der Waals surface area contributed by atoms with Crippen LogP contribution in [0.25, 0.3) is 0 Å². The van der Waals surface area contributed by atoms with E-state index in [1.807, 2.05) is 6.20 Å². The number of nitrogens with one attached hydrogen (secondary N) is 2. The van der Waals surface area contributed by atoms with E-state index in [1.165, 1.54) is 56.9 Å². The minimum Gasteiger partial charge on any atom is -0.350 e. The summed E-state index contributed by atoms with van der Waals surface area (Å²) in [6, 6.07) is 2.07. The van der Waals surface area contributed by atoms with E-state index >= 15 is 0 Å². The van der Waals surface area contributed by atoms with Gasteiger partial charge in [0.1, 0.15) is 0 Å². The molecular weight excluding hydrogens is 272 g/mol. The third kappa shape index (κ3) is 7.12. The van der Waals surface area contributed by atoms with Crippen molar-refractivity contribution in [1.29, 1.82) is 0 Å². The van der Waals surface area contributed by atoms with E-state index in [-0.39, 0.29) is 6.29 Å². The molecule has 4 nitrogen and oxygen atoms in total. The van der Waals surface area contributed by atoms with Crippen molar-refractivity contribution in [2.45, 2.75) is 84.8 Å². The summed E-state index contributed by atoms with van der Waals surface area (Å²) < 4.78 is 0. The van der Waals surface area contributed by atoms with Crippen LogP contribution in [0.5, 0.6) is 0 Å². The maximum absolute atomic E-state index is 5.61. The van der Waals surface area contributed by atoms with Crippen molar-refractivity contribution >= 4 is 11.5 Å². The highest BCUT2D eigenvalue weighted by Gasteiger charge is 2.16. The molecule has 1 unspecified atom stereocenters. The number of hydrogen-bond donors (Lipinski definition) is 3. The summed E-state index contributed by atoms with van der Waals surface area (Å²) in [5.74, 6) is 0.847. The number of nitrogens with two attached hydrogens (primary N) is 1. The summed E-state index contributed by atoms with van der Waals surface area (Å²) >= 11 is 0. The second kappa shape index (κ2) is 11.3. The van der Waals surface area contributed by atoms with Crippen LogP contribution in [0.15, 0.2) is 12.3 Å². The minimum atomic E-state index is -0.195. The number of aryl methyl sites for hydroxylation is 1. The summed E-state index contributed by atoms with van der Waals surface area (Å²) in [7, 11) is 0. The van der Waals surface area contributed by atoms with E-state index in [0.29, 0.717) is 0 Å². The zero-order valence-corrected chi connectivity index (χ0v) is 14.6. The Hall–Kier alpha value is -1.29. The molecule has 0 saturated carbocycles. The average Bonchev–Trinajstić information content (AvgIpc) is 2.90. The normalized spacial score (nSPS) is 15.4. The van der Waals surface area contributed by atoms with E-state index in [9.17, 15) is 0 Å². The Bertz CT molecular complexity index is 398. The first-order valence-electron chi connectivity index (χ1n) is 8.98. The number of hydrogen-bond acceptors (Lipinski definition) is 4. The Morgan fingerprint density at radius 3 is 2.09 bits per heavy atom. The fraction of sp³-hybridized carbons (Fsp3) is 0.722. The lowest BCUT2D eigenvalue weighted by Gasteiger charge is -2.01. The number of fused-ring (bicyclic) bond motifs is 1. The molecule has 0 radical (unpaired) electrons. The van der Waals surface area contributed by atoms with Gasteiger partial charge in [-0.05, 0) is 18.1 Å². The van der Waals surface area contributed by atoms with Gasteiger partial charge in [-0.1, -0.05) is 72.1 Å². The highest BCUT2D eigenvalue weighted by Crippen LogP contribution is 2.25. The maximum atomic E-state index is 5.61. The third-order valence-electron chi connectivity index (χ3n) is 3.91. The van der Waals surface area contributed by atoms with Gasteiger partial charge in [-0.15, -0.1) is 0 Å².